The van der Waals surface area contributed by atoms with Crippen LogP contribution < -0.4 is 14.8 Å². The summed E-state index contributed by atoms with van der Waals surface area (Å²) in [5.74, 6) is -0.697. The Bertz CT molecular complexity index is 1440. The summed E-state index contributed by atoms with van der Waals surface area (Å²) in [5.41, 5.74) is 2.08. The Morgan fingerprint density at radius 3 is 2.55 bits per heavy atom. The lowest BCUT2D eigenvalue weighted by atomic mass is 10.2. The van der Waals surface area contributed by atoms with Gasteiger partial charge in [0.1, 0.15) is 43.5 Å². The first-order chi connectivity index (χ1) is 19.2. The van der Waals surface area contributed by atoms with Gasteiger partial charge in [-0.2, -0.15) is 13.2 Å². The molecule has 0 radical (unpaired) electrons. The average Bonchev–Trinajstić information content (AvgIpc) is 2.93. The molecule has 0 fully saturated rings. The zero-order valence-corrected chi connectivity index (χ0v) is 22.1. The molecule has 2 aromatic heterocycles. The van der Waals surface area contributed by atoms with Crippen LogP contribution in [0.3, 0.4) is 0 Å². The Balaban J connectivity index is 1.38. The van der Waals surface area contributed by atoms with Gasteiger partial charge in [-0.05, 0) is 49.5 Å². The van der Waals surface area contributed by atoms with Gasteiger partial charge in [-0.25, -0.2) is 14.8 Å². The first-order valence-electron chi connectivity index (χ1n) is 12.1. The minimum Gasteiger partial charge on any atom is -0.491 e. The molecule has 0 saturated carbocycles. The third-order valence-corrected chi connectivity index (χ3v) is 5.88. The van der Waals surface area contributed by atoms with Crippen molar-refractivity contribution in [2.45, 2.75) is 12.8 Å². The predicted octanol–water partition coefficient (Wildman–Crippen LogP) is 5.42. The summed E-state index contributed by atoms with van der Waals surface area (Å²) < 4.78 is 52.7. The monoisotopic (exact) mass is 575 g/mol. The van der Waals surface area contributed by atoms with Crippen LogP contribution in [0.15, 0.2) is 67.1 Å². The van der Waals surface area contributed by atoms with Gasteiger partial charge in [-0.3, -0.25) is 9.88 Å². The van der Waals surface area contributed by atoms with E-state index in [0.29, 0.717) is 45.5 Å². The molecular weight excluding hydrogens is 551 g/mol. The Labute approximate surface area is 232 Å². The number of pyridine rings is 1. The van der Waals surface area contributed by atoms with Crippen LogP contribution in [0.1, 0.15) is 5.69 Å². The third-order valence-electron chi connectivity index (χ3n) is 5.59. The highest BCUT2D eigenvalue weighted by Gasteiger charge is 2.40. The molecule has 0 aliphatic heterocycles. The molecule has 4 rings (SSSR count). The summed E-state index contributed by atoms with van der Waals surface area (Å²) in [4.78, 5) is 25.4. The molecular formula is C27H25ClF3N5O4. The number of anilines is 2. The topological polar surface area (TPSA) is 98.7 Å². The fraction of sp³-hybridized carbons (Fsp3) is 0.259. The van der Waals surface area contributed by atoms with E-state index in [9.17, 15) is 18.0 Å². The minimum absolute atomic E-state index is 0.110. The number of benzene rings is 2. The predicted molar refractivity (Wildman–Crippen MR) is 143 cm³/mol. The van der Waals surface area contributed by atoms with Crippen LogP contribution in [0.5, 0.6) is 11.5 Å². The number of fused-ring (bicyclic) bond motifs is 1. The molecule has 40 heavy (non-hydrogen) atoms. The van der Waals surface area contributed by atoms with Crippen LogP contribution in [0, 0.1) is 0 Å². The second-order valence-electron chi connectivity index (χ2n) is 8.54. The molecule has 2 aromatic carbocycles. The Morgan fingerprint density at radius 2 is 1.80 bits per heavy atom. The summed E-state index contributed by atoms with van der Waals surface area (Å²) >= 11 is 6.45. The highest BCUT2D eigenvalue weighted by molar-refractivity contribution is 6.32. The largest absolute Gasteiger partial charge is 0.491 e. The Hall–Kier alpha value is -4.16. The number of nitrogens with zero attached hydrogens (tertiary/aromatic N) is 4. The van der Waals surface area contributed by atoms with Crippen LogP contribution >= 0.6 is 11.6 Å². The van der Waals surface area contributed by atoms with E-state index >= 15 is 0 Å². The SMILES string of the molecule is CN(CCOC(=O)C(F)(F)F)CCOc1cccc2ncnc(Nc3ccc(OCc4ccccn4)c(Cl)c3)c12. The summed E-state index contributed by atoms with van der Waals surface area (Å²) in [6, 6.07) is 16.2. The number of ether oxygens (including phenoxy) is 3. The van der Waals surface area contributed by atoms with Crippen molar-refractivity contribution in [3.63, 3.8) is 0 Å². The van der Waals surface area contributed by atoms with Crippen molar-refractivity contribution >= 4 is 40.0 Å². The zero-order chi connectivity index (χ0) is 28.5. The van der Waals surface area contributed by atoms with Crippen LogP contribution in [0.25, 0.3) is 10.9 Å². The van der Waals surface area contributed by atoms with E-state index in [1.54, 1.807) is 48.5 Å². The number of alkyl halides is 3. The molecule has 13 heteroatoms. The number of carbonyl (C=O) groups is 1. The van der Waals surface area contributed by atoms with E-state index in [1.807, 2.05) is 24.3 Å². The van der Waals surface area contributed by atoms with E-state index in [1.165, 1.54) is 6.33 Å². The van der Waals surface area contributed by atoms with Crippen LogP contribution in [-0.2, 0) is 16.1 Å². The normalized spacial score (nSPS) is 11.4. The van der Waals surface area contributed by atoms with Gasteiger partial charge in [0.2, 0.25) is 0 Å². The van der Waals surface area contributed by atoms with Crippen LogP contribution in [-0.4, -0.2) is 65.3 Å². The van der Waals surface area contributed by atoms with E-state index in [4.69, 9.17) is 21.1 Å². The van der Waals surface area contributed by atoms with Crippen molar-refractivity contribution in [3.05, 3.63) is 77.8 Å². The third kappa shape index (κ3) is 7.93. The Kier molecular flexibility index (Phi) is 9.56. The first-order valence-corrected chi connectivity index (χ1v) is 12.5. The molecule has 0 saturated heterocycles. The molecule has 4 aromatic rings. The highest BCUT2D eigenvalue weighted by atomic mass is 35.5. The standard InChI is InChI=1S/C27H25ClF3N5O4/c1-36(12-14-39-26(37)27(29,30)31)11-13-38-23-7-4-6-21-24(23)25(34-17-33-21)35-18-8-9-22(20(28)15-18)40-16-19-5-2-3-10-32-19/h2-10,15,17H,11-14,16H2,1H3,(H,33,34,35). The number of esters is 1. The van der Waals surface area contributed by atoms with Gasteiger partial charge in [-0.15, -0.1) is 0 Å². The number of aromatic nitrogens is 3. The number of likely N-dealkylation sites (N-methyl/N-ethyl adjacent to an activating group) is 1. The van der Waals surface area contributed by atoms with Crippen molar-refractivity contribution in [1.29, 1.82) is 0 Å². The van der Waals surface area contributed by atoms with Gasteiger partial charge in [0.15, 0.2) is 0 Å². The fourth-order valence-corrected chi connectivity index (χ4v) is 3.80. The molecule has 0 spiro atoms. The summed E-state index contributed by atoms with van der Waals surface area (Å²) in [6.45, 7) is 0.579. The number of nitrogens with one attached hydrogen (secondary N) is 1. The molecule has 0 unspecified atom stereocenters. The van der Waals surface area contributed by atoms with Gasteiger partial charge in [0.25, 0.3) is 0 Å². The van der Waals surface area contributed by atoms with E-state index in [0.717, 1.165) is 5.69 Å². The van der Waals surface area contributed by atoms with Crippen LogP contribution in [0.4, 0.5) is 24.7 Å². The highest BCUT2D eigenvalue weighted by Crippen LogP contribution is 2.34. The summed E-state index contributed by atoms with van der Waals surface area (Å²) in [7, 11) is 1.68. The van der Waals surface area contributed by atoms with Crippen molar-refractivity contribution in [2.75, 3.05) is 38.7 Å². The quantitative estimate of drug-likeness (QED) is 0.222. The number of rotatable bonds is 12. The minimum atomic E-state index is -5.01. The van der Waals surface area contributed by atoms with Gasteiger partial charge in [0.05, 0.1) is 21.6 Å². The van der Waals surface area contributed by atoms with Crippen molar-refractivity contribution < 1.29 is 32.2 Å². The van der Waals surface area contributed by atoms with Crippen molar-refractivity contribution in [1.82, 2.24) is 19.9 Å². The van der Waals surface area contributed by atoms with Gasteiger partial charge < -0.3 is 19.5 Å². The van der Waals surface area contributed by atoms with Crippen molar-refractivity contribution in [2.24, 2.45) is 0 Å². The number of halogens is 4. The van der Waals surface area contributed by atoms with E-state index in [-0.39, 0.29) is 26.4 Å². The molecule has 1 N–H and O–H groups in total. The zero-order valence-electron chi connectivity index (χ0n) is 21.3. The number of hydrogen-bond acceptors (Lipinski definition) is 9. The van der Waals surface area contributed by atoms with Gasteiger partial charge in [-0.1, -0.05) is 23.7 Å². The maximum atomic E-state index is 12.3. The molecule has 0 atom stereocenters. The summed E-state index contributed by atoms with van der Waals surface area (Å²) in [6.07, 6.45) is -1.89. The van der Waals surface area contributed by atoms with Crippen LogP contribution in [0.2, 0.25) is 5.02 Å². The fourth-order valence-electron chi connectivity index (χ4n) is 3.56. The number of carbonyl (C=O) groups excluding carboxylic acids is 1. The second-order valence-corrected chi connectivity index (χ2v) is 8.95. The molecule has 210 valence electrons. The lowest BCUT2D eigenvalue weighted by molar-refractivity contribution is -0.199. The maximum absolute atomic E-state index is 12.3. The second kappa shape index (κ2) is 13.3. The summed E-state index contributed by atoms with van der Waals surface area (Å²) in [5, 5.41) is 4.28. The number of hydrogen-bond donors (Lipinski definition) is 1. The molecule has 0 aliphatic carbocycles. The molecule has 0 amide bonds. The molecule has 9 nitrogen and oxygen atoms in total. The van der Waals surface area contributed by atoms with Crippen molar-refractivity contribution in [3.8, 4) is 11.5 Å². The molecule has 0 aliphatic rings. The van der Waals surface area contributed by atoms with E-state index in [2.05, 4.69) is 25.0 Å². The Morgan fingerprint density at radius 1 is 0.975 bits per heavy atom. The molecule has 2 heterocycles. The smallest absolute Gasteiger partial charge is 0.490 e. The lowest BCUT2D eigenvalue weighted by Crippen LogP contribution is -2.31. The molecule has 0 bridgehead atoms. The van der Waals surface area contributed by atoms with E-state index < -0.39 is 12.1 Å². The van der Waals surface area contributed by atoms with Gasteiger partial charge >= 0.3 is 12.1 Å². The van der Waals surface area contributed by atoms with Gasteiger partial charge in [0, 0.05) is 25.0 Å². The first kappa shape index (κ1) is 28.8. The lowest BCUT2D eigenvalue weighted by Gasteiger charge is -2.18. The maximum Gasteiger partial charge on any atom is 0.490 e. The average molecular weight is 576 g/mol.